The Labute approximate surface area is 147 Å². The number of hydrogen-bond donors (Lipinski definition) is 0. The van der Waals surface area contributed by atoms with Crippen molar-refractivity contribution in [2.24, 2.45) is 0 Å². The van der Waals surface area contributed by atoms with Gasteiger partial charge in [-0.15, -0.1) is 0 Å². The van der Waals surface area contributed by atoms with E-state index in [1.54, 1.807) is 0 Å². The largest absolute Gasteiger partial charge is 0.246 e. The molecule has 0 unspecified atom stereocenters. The highest BCUT2D eigenvalue weighted by Gasteiger charge is 2.11. The zero-order chi connectivity index (χ0) is 15.4. The van der Waals surface area contributed by atoms with E-state index < -0.39 is 0 Å². The zero-order valence-corrected chi connectivity index (χ0v) is 14.4. The van der Waals surface area contributed by atoms with Crippen molar-refractivity contribution in [2.45, 2.75) is 0 Å². The summed E-state index contributed by atoms with van der Waals surface area (Å²) < 4.78 is 1.28. The van der Waals surface area contributed by atoms with Gasteiger partial charge in [0, 0.05) is 25.1 Å². The number of hydrogen-bond acceptors (Lipinski definition) is 1. The summed E-state index contributed by atoms with van der Waals surface area (Å²) in [7, 11) is 0. The summed E-state index contributed by atoms with van der Waals surface area (Å²) in [4.78, 5) is 5.09. The molecule has 0 aliphatic carbocycles. The number of fused-ring (bicyclic) bond motifs is 6. The Balaban J connectivity index is 2.10. The number of benzene rings is 4. The lowest BCUT2D eigenvalue weighted by Gasteiger charge is -2.10. The minimum Gasteiger partial charge on any atom is -0.246 e. The standard InChI is InChI=1S/C21H12IN/c22-19-17-11-9-13-5-1-3-7-15(13)20(17)23-21-16-8-4-2-6-14(16)10-12-18(19)21/h1-12H. The molecule has 0 saturated carbocycles. The monoisotopic (exact) mass is 405 g/mol. The van der Waals surface area contributed by atoms with Gasteiger partial charge >= 0.3 is 0 Å². The van der Waals surface area contributed by atoms with Crippen LogP contribution in [0.3, 0.4) is 0 Å². The summed E-state index contributed by atoms with van der Waals surface area (Å²) in [5, 5.41) is 7.38. The maximum Gasteiger partial charge on any atom is 0.0798 e. The molecule has 1 aromatic heterocycles. The molecule has 1 nitrogen and oxygen atoms in total. The number of nitrogens with zero attached hydrogens (tertiary/aromatic N) is 1. The number of halogens is 1. The summed E-state index contributed by atoms with van der Waals surface area (Å²) in [6.07, 6.45) is 0. The second-order valence-electron chi connectivity index (χ2n) is 5.79. The minimum atomic E-state index is 1.09. The molecule has 108 valence electrons. The number of pyridine rings is 1. The van der Waals surface area contributed by atoms with Crippen LogP contribution in [-0.4, -0.2) is 4.98 Å². The fourth-order valence-corrected chi connectivity index (χ4v) is 4.23. The first-order valence-electron chi connectivity index (χ1n) is 7.61. The highest BCUT2D eigenvalue weighted by molar-refractivity contribution is 14.1. The van der Waals surface area contributed by atoms with Gasteiger partial charge in [-0.25, -0.2) is 4.98 Å². The third kappa shape index (κ3) is 1.88. The molecule has 0 aliphatic heterocycles. The number of rotatable bonds is 0. The van der Waals surface area contributed by atoms with Crippen molar-refractivity contribution in [2.75, 3.05) is 0 Å². The first-order chi connectivity index (χ1) is 11.3. The molecule has 2 heteroatoms. The molecular weight excluding hydrogens is 393 g/mol. The average Bonchev–Trinajstić information content (AvgIpc) is 2.61. The maximum absolute atomic E-state index is 5.09. The summed E-state index contributed by atoms with van der Waals surface area (Å²) in [5.74, 6) is 0. The Hall–Kier alpha value is -2.20. The van der Waals surface area contributed by atoms with E-state index in [2.05, 4.69) is 95.4 Å². The van der Waals surface area contributed by atoms with Crippen LogP contribution in [0.15, 0.2) is 72.8 Å². The molecule has 0 bridgehead atoms. The van der Waals surface area contributed by atoms with Crippen molar-refractivity contribution in [3.8, 4) is 0 Å². The van der Waals surface area contributed by atoms with Crippen LogP contribution in [0, 0.1) is 3.57 Å². The van der Waals surface area contributed by atoms with Crippen molar-refractivity contribution in [1.82, 2.24) is 4.98 Å². The van der Waals surface area contributed by atoms with Gasteiger partial charge in [-0.2, -0.15) is 0 Å². The van der Waals surface area contributed by atoms with Crippen LogP contribution in [-0.2, 0) is 0 Å². The SMILES string of the molecule is Ic1c2ccc3ccccc3c2nc2c1ccc1ccccc12. The van der Waals surface area contributed by atoms with E-state index in [9.17, 15) is 0 Å². The van der Waals surface area contributed by atoms with Gasteiger partial charge in [0.1, 0.15) is 0 Å². The van der Waals surface area contributed by atoms with Crippen LogP contribution >= 0.6 is 22.6 Å². The molecule has 0 fully saturated rings. The van der Waals surface area contributed by atoms with E-state index in [1.165, 1.54) is 35.9 Å². The van der Waals surface area contributed by atoms with Gasteiger partial charge in [-0.05, 0) is 33.4 Å². The highest BCUT2D eigenvalue weighted by Crippen LogP contribution is 2.34. The Morgan fingerprint density at radius 3 is 1.52 bits per heavy atom. The van der Waals surface area contributed by atoms with Gasteiger partial charge in [0.25, 0.3) is 0 Å². The molecule has 23 heavy (non-hydrogen) atoms. The Bertz CT molecular complexity index is 1130. The zero-order valence-electron chi connectivity index (χ0n) is 12.3. The predicted octanol–water partition coefficient (Wildman–Crippen LogP) is 6.30. The average molecular weight is 405 g/mol. The van der Waals surface area contributed by atoms with Gasteiger partial charge in [-0.1, -0.05) is 72.8 Å². The Morgan fingerprint density at radius 1 is 0.522 bits per heavy atom. The van der Waals surface area contributed by atoms with Gasteiger partial charge < -0.3 is 0 Å². The van der Waals surface area contributed by atoms with E-state index in [-0.39, 0.29) is 0 Å². The summed E-state index contributed by atoms with van der Waals surface area (Å²) in [5.41, 5.74) is 2.19. The van der Waals surface area contributed by atoms with Crippen LogP contribution < -0.4 is 0 Å². The van der Waals surface area contributed by atoms with Crippen LogP contribution in [0.1, 0.15) is 0 Å². The van der Waals surface area contributed by atoms with Crippen molar-refractivity contribution in [3.63, 3.8) is 0 Å². The third-order valence-corrected chi connectivity index (χ3v) is 5.66. The molecule has 0 radical (unpaired) electrons. The van der Waals surface area contributed by atoms with E-state index in [4.69, 9.17) is 4.98 Å². The van der Waals surface area contributed by atoms with Gasteiger partial charge in [0.2, 0.25) is 0 Å². The molecule has 0 spiro atoms. The first kappa shape index (κ1) is 13.3. The molecule has 0 atom stereocenters. The lowest BCUT2D eigenvalue weighted by atomic mass is 10.0. The molecule has 0 saturated heterocycles. The van der Waals surface area contributed by atoms with Gasteiger partial charge in [-0.3, -0.25) is 0 Å². The van der Waals surface area contributed by atoms with E-state index >= 15 is 0 Å². The summed E-state index contributed by atoms with van der Waals surface area (Å²) in [6, 6.07) is 25.7. The molecule has 5 rings (SSSR count). The topological polar surface area (TPSA) is 12.9 Å². The third-order valence-electron chi connectivity index (χ3n) is 4.50. The Morgan fingerprint density at radius 2 is 1.00 bits per heavy atom. The quantitative estimate of drug-likeness (QED) is 0.167. The maximum atomic E-state index is 5.09. The van der Waals surface area contributed by atoms with Gasteiger partial charge in [0.15, 0.2) is 0 Å². The minimum absolute atomic E-state index is 1.09. The van der Waals surface area contributed by atoms with Crippen LogP contribution in [0.2, 0.25) is 0 Å². The van der Waals surface area contributed by atoms with E-state index in [1.807, 2.05) is 0 Å². The fraction of sp³-hybridized carbons (Fsp3) is 0. The van der Waals surface area contributed by atoms with Crippen LogP contribution in [0.25, 0.3) is 43.4 Å². The van der Waals surface area contributed by atoms with Crippen LogP contribution in [0.4, 0.5) is 0 Å². The van der Waals surface area contributed by atoms with Crippen molar-refractivity contribution < 1.29 is 0 Å². The second kappa shape index (κ2) is 4.90. The van der Waals surface area contributed by atoms with Crippen molar-refractivity contribution in [1.29, 1.82) is 0 Å². The molecule has 4 aromatic carbocycles. The van der Waals surface area contributed by atoms with E-state index in [0.29, 0.717) is 0 Å². The molecule has 0 amide bonds. The number of aromatic nitrogens is 1. The lowest BCUT2D eigenvalue weighted by Crippen LogP contribution is -1.90. The first-order valence-corrected chi connectivity index (χ1v) is 8.69. The fourth-order valence-electron chi connectivity index (χ4n) is 3.36. The van der Waals surface area contributed by atoms with E-state index in [0.717, 1.165) is 11.0 Å². The molecule has 1 heterocycles. The lowest BCUT2D eigenvalue weighted by molar-refractivity contribution is 1.52. The smallest absolute Gasteiger partial charge is 0.0798 e. The molecule has 0 aliphatic rings. The highest BCUT2D eigenvalue weighted by atomic mass is 127. The molecule has 5 aromatic rings. The Kier molecular flexibility index (Phi) is 2.82. The van der Waals surface area contributed by atoms with Crippen molar-refractivity contribution >= 4 is 65.9 Å². The summed E-state index contributed by atoms with van der Waals surface area (Å²) in [6.45, 7) is 0. The normalized spacial score (nSPS) is 11.7. The van der Waals surface area contributed by atoms with Gasteiger partial charge in [0.05, 0.1) is 11.0 Å². The summed E-state index contributed by atoms with van der Waals surface area (Å²) >= 11 is 2.46. The van der Waals surface area contributed by atoms with Crippen LogP contribution in [0.5, 0.6) is 0 Å². The van der Waals surface area contributed by atoms with Crippen molar-refractivity contribution in [3.05, 3.63) is 76.4 Å². The molecular formula is C21H12IN. The molecule has 0 N–H and O–H groups in total. The second-order valence-corrected chi connectivity index (χ2v) is 6.87. The predicted molar refractivity (Wildman–Crippen MR) is 107 cm³/mol.